The maximum Gasteiger partial charge on any atom is 0.225 e. The van der Waals surface area contributed by atoms with Gasteiger partial charge >= 0.3 is 0 Å². The van der Waals surface area contributed by atoms with E-state index in [2.05, 4.69) is 41.7 Å². The molecule has 10 amide bonds. The molecule has 0 radical (unpaired) electrons. The molecule has 129 heavy (non-hydrogen) atoms. The molecule has 13 aliphatic rings. The van der Waals surface area contributed by atoms with Gasteiger partial charge in [0.05, 0.1) is 24.2 Å². The van der Waals surface area contributed by atoms with Crippen molar-refractivity contribution in [2.75, 3.05) is 70.4 Å². The highest BCUT2D eigenvalue weighted by Crippen LogP contribution is 2.42. The van der Waals surface area contributed by atoms with Crippen LogP contribution in [0.1, 0.15) is 332 Å². The predicted octanol–water partition coefficient (Wildman–Crippen LogP) is 15.0. The first-order chi connectivity index (χ1) is 60.4. The predicted molar refractivity (Wildman–Crippen MR) is 516 cm³/mol. The second-order valence-corrected chi connectivity index (χ2v) is 44.9. The second kappa shape index (κ2) is 53.7. The third-order valence-corrected chi connectivity index (χ3v) is 29.2. The van der Waals surface area contributed by atoms with Gasteiger partial charge < -0.3 is 54.1 Å². The number of hydrogen-bond acceptors (Lipinski definition) is 15. The van der Waals surface area contributed by atoms with Crippen LogP contribution < -0.4 is 0 Å². The number of amides is 10. The summed E-state index contributed by atoms with van der Waals surface area (Å²) in [6.45, 7) is 57.0. The smallest absolute Gasteiger partial charge is 0.225 e. The van der Waals surface area contributed by atoms with E-state index in [0.717, 1.165) is 135 Å². The Labute approximate surface area is 779 Å². The number of hydrogen-bond donors (Lipinski definition) is 1. The lowest BCUT2D eigenvalue weighted by molar-refractivity contribution is -0.141. The van der Waals surface area contributed by atoms with E-state index in [1.165, 1.54) is 94.6 Å². The first kappa shape index (κ1) is 112. The van der Waals surface area contributed by atoms with Crippen LogP contribution >= 0.6 is 0 Å². The lowest BCUT2D eigenvalue weighted by Gasteiger charge is -2.38. The van der Waals surface area contributed by atoms with Crippen molar-refractivity contribution < 1.29 is 71.6 Å². The van der Waals surface area contributed by atoms with Gasteiger partial charge in [0.15, 0.2) is 17.3 Å². The maximum absolute atomic E-state index is 12.0. The molecule has 25 nitrogen and oxygen atoms in total. The van der Waals surface area contributed by atoms with Crippen LogP contribution in [-0.2, 0) is 84.9 Å². The maximum atomic E-state index is 12.0. The molecule has 0 saturated carbocycles. The van der Waals surface area contributed by atoms with Crippen molar-refractivity contribution in [2.24, 2.45) is 71.0 Å². The average molecular weight is 1830 g/mol. The van der Waals surface area contributed by atoms with E-state index in [1.807, 2.05) is 170 Å². The largest absolute Gasteiger partial charge is 0.393 e. The minimum atomic E-state index is -1.87. The first-order valence-corrected chi connectivity index (χ1v) is 52.1. The van der Waals surface area contributed by atoms with Crippen LogP contribution in [0.25, 0.3) is 0 Å². The van der Waals surface area contributed by atoms with Crippen LogP contribution in [0, 0.1) is 71.0 Å². The lowest BCUT2D eigenvalue weighted by atomic mass is 9.91. The summed E-state index contributed by atoms with van der Waals surface area (Å²) in [6.07, 6.45) is 24.9. The Morgan fingerprint density at radius 2 is 0.527 bits per heavy atom. The van der Waals surface area contributed by atoms with E-state index in [1.54, 1.807) is 40.4 Å². The minimum absolute atomic E-state index is 0.0000463. The normalized spacial score (nSPS) is 25.6. The summed E-state index contributed by atoms with van der Waals surface area (Å²) in [5, 5.41) is 9.59. The molecule has 1 aromatic rings. The Balaban J connectivity index is 0.000000254. The molecule has 5 unspecified atom stereocenters. The molecule has 12 fully saturated rings. The Morgan fingerprint density at radius 3 is 0.767 bits per heavy atom. The Kier molecular flexibility index (Phi) is 46.8. The number of nitrogens with zero attached hydrogens (tertiary/aromatic N) is 10. The van der Waals surface area contributed by atoms with E-state index in [0.29, 0.717) is 84.5 Å². The highest BCUT2D eigenvalue weighted by molar-refractivity contribution is 8.00. The topological polar surface area (TPSA) is 292 Å². The van der Waals surface area contributed by atoms with Crippen molar-refractivity contribution in [1.82, 2.24) is 49.0 Å². The fourth-order valence-electron chi connectivity index (χ4n) is 20.4. The van der Waals surface area contributed by atoms with Crippen LogP contribution in [0.15, 0.2) is 24.3 Å². The fraction of sp³-hybridized carbons (Fsp3) is 0.806. The average Bonchev–Trinajstić information content (AvgIpc) is 1.66. The molecule has 0 aromatic heterocycles. The summed E-state index contributed by atoms with van der Waals surface area (Å²) in [5.41, 5.74) is 2.59. The molecule has 0 spiro atoms. The Hall–Kier alpha value is -7.09. The second-order valence-electron chi connectivity index (χ2n) is 42.2. The third kappa shape index (κ3) is 34.1. The van der Waals surface area contributed by atoms with Crippen molar-refractivity contribution in [3.63, 3.8) is 0 Å². The van der Waals surface area contributed by atoms with Crippen molar-refractivity contribution in [1.29, 1.82) is 0 Å². The Morgan fingerprint density at radius 1 is 0.302 bits per heavy atom. The molecule has 13 heterocycles. The van der Waals surface area contributed by atoms with Crippen LogP contribution in [0.5, 0.6) is 0 Å². The van der Waals surface area contributed by atoms with Gasteiger partial charge in [-0.05, 0) is 207 Å². The summed E-state index contributed by atoms with van der Waals surface area (Å²) < 4.78 is 11.5. The van der Waals surface area contributed by atoms with Gasteiger partial charge in [-0.25, -0.2) is 0 Å². The summed E-state index contributed by atoms with van der Waals surface area (Å²) >= 11 is 0. The zero-order valence-electron chi connectivity index (χ0n) is 84.7. The number of carbonyl (C=O) groups is 13. The van der Waals surface area contributed by atoms with Crippen LogP contribution in [0.2, 0.25) is 0 Å². The Bertz CT molecular complexity index is 3610. The number of Topliss-reactive ketones (excluding diaryl/α,β-unsaturated/α-hetero) is 3. The van der Waals surface area contributed by atoms with Gasteiger partial charge in [0.2, 0.25) is 59.1 Å². The molecule has 13 aliphatic heterocycles. The number of ketones is 3. The van der Waals surface area contributed by atoms with Crippen LogP contribution in [0.4, 0.5) is 0 Å². The lowest BCUT2D eigenvalue weighted by Crippen LogP contribution is -2.49. The van der Waals surface area contributed by atoms with Crippen molar-refractivity contribution in [3.05, 3.63) is 35.4 Å². The number of carbonyl (C=O) groups excluding carboxylic acids is 13. The monoisotopic (exact) mass is 1830 g/mol. The summed E-state index contributed by atoms with van der Waals surface area (Å²) in [5.74, 6) is 10.1. The summed E-state index contributed by atoms with van der Waals surface area (Å²) in [7, 11) is -1.87. The zero-order chi connectivity index (χ0) is 96.9. The van der Waals surface area contributed by atoms with Gasteiger partial charge in [-0.3, -0.25) is 66.5 Å². The summed E-state index contributed by atoms with van der Waals surface area (Å²) in [6, 6.07) is 10.7. The number of benzene rings is 1. The van der Waals surface area contributed by atoms with Crippen molar-refractivity contribution >= 4 is 91.8 Å². The first-order valence-electron chi connectivity index (χ1n) is 50.0. The molecular formula is C103H176N10O15S. The fourth-order valence-corrected chi connectivity index (χ4v) is 21.7. The third-order valence-electron chi connectivity index (χ3n) is 27.4. The molecule has 6 bridgehead atoms. The van der Waals surface area contributed by atoms with Gasteiger partial charge in [-0.1, -0.05) is 177 Å². The molecule has 734 valence electrons. The number of likely N-dealkylation sites (tertiary alicyclic amines) is 5. The van der Waals surface area contributed by atoms with Gasteiger partial charge in [0.25, 0.3) is 0 Å². The number of aliphatic hydroxyl groups excluding tert-OH is 1. The molecule has 12 saturated heterocycles. The number of rotatable bonds is 13. The highest BCUT2D eigenvalue weighted by Gasteiger charge is 2.46. The zero-order valence-corrected chi connectivity index (χ0v) is 85.5. The molecule has 11 atom stereocenters. The van der Waals surface area contributed by atoms with Gasteiger partial charge in [-0.15, -0.1) is 0 Å². The molecule has 1 aromatic carbocycles. The van der Waals surface area contributed by atoms with Gasteiger partial charge in [-0.2, -0.15) is 0 Å². The van der Waals surface area contributed by atoms with Gasteiger partial charge in [0.1, 0.15) is 0 Å². The number of aliphatic hydroxyl groups is 1. The quantitative estimate of drug-likeness (QED) is 0.180. The van der Waals surface area contributed by atoms with E-state index < -0.39 is 9.52 Å². The van der Waals surface area contributed by atoms with E-state index in [9.17, 15) is 71.6 Å². The van der Waals surface area contributed by atoms with Gasteiger partial charge in [0, 0.05) is 179 Å². The standard InChI is InChI=1S/2C12H21NO.C12H15NO.C11H19NO2.3C10H17NO2.C9H17NO2S.C9H17NO.C8H15NO/c2*1-8(2)12(14)13-10-4-5-11(13)7-9(3)6-10;1-9(2)12(14)13-7-10-5-3-4-6-11(10)8-13;1-7(2)11(14)12-8-3-4-9(12)6-10(13)5-8;3*1-7(2)10(13)11-6-4-5-9(11)8(3)12;1-8(2)9(11)10-4-6-13(3,12)7-5-10;1-8(2)9(11)10-6-4-3-5-7-10;1-7(2)8(10)9-5-3-4-6-9/h2*8-11H,4-7H2,1-3H3;3-6,9H,7-8H2,1-2H3;7-10,13H,3-6H2,1-2H3;3*7,9H,4-6H2,1-3H3;8H,3-7H2,1-2H3;8H,3-7H2,1-2H3;7H,3-6H2,1-2H3/t2*9?,10-,11+;;;2*9-;;;;/m....10..../s1. The van der Waals surface area contributed by atoms with E-state index >= 15 is 0 Å². The van der Waals surface area contributed by atoms with Crippen molar-refractivity contribution in [3.8, 4) is 0 Å². The summed E-state index contributed by atoms with van der Waals surface area (Å²) in [4.78, 5) is 170. The number of piperidine rings is 4. The highest BCUT2D eigenvalue weighted by atomic mass is 32.2. The van der Waals surface area contributed by atoms with Crippen LogP contribution in [0.3, 0.4) is 0 Å². The number of fused-ring (bicyclic) bond motifs is 7. The van der Waals surface area contributed by atoms with E-state index in [-0.39, 0.29) is 136 Å². The molecule has 0 aliphatic carbocycles. The minimum Gasteiger partial charge on any atom is -0.393 e. The SMILES string of the molecule is C=S1(=O)CCN(C(=O)C(C)C)CC1.CC(=O)C1CCCN1C(=O)C(C)C.CC(=O)[C@@H]1CCCN1C(=O)C(C)C.CC(=O)[C@H]1CCCN1C(=O)C(C)C.CC(C)C(=O)N1C2CCC1CC(O)C2.CC(C)C(=O)N1CCCC1.CC(C)C(=O)N1CCCCC1.CC(C)C(=O)N1Cc2ccccc2C1.CC1C[C@H]2CC[C@@H](C1)N2C(=O)C(C)C.CC1C[C@H]2CC[C@@H](C1)N2C(=O)C(C)C. The molecule has 14 rings (SSSR count). The van der Waals surface area contributed by atoms with Crippen molar-refractivity contribution in [2.45, 2.75) is 394 Å². The molecule has 1 N–H and O–H groups in total. The molecular weight excluding hydrogens is 1650 g/mol. The molecule has 26 heteroatoms. The van der Waals surface area contributed by atoms with E-state index in [4.69, 9.17) is 0 Å². The van der Waals surface area contributed by atoms with Crippen LogP contribution in [-0.4, -0.2) is 271 Å².